The highest BCUT2D eigenvalue weighted by molar-refractivity contribution is 8.18. The van der Waals surface area contributed by atoms with Crippen molar-refractivity contribution in [2.45, 2.75) is 13.5 Å². The first-order chi connectivity index (χ1) is 13.5. The highest BCUT2D eigenvalue weighted by Crippen LogP contribution is 2.39. The molecule has 2 aromatic carbocycles. The van der Waals surface area contributed by atoms with Crippen molar-refractivity contribution in [2.24, 2.45) is 0 Å². The molecule has 2 aromatic rings. The molecular formula is C20H16ClNO5S. The van der Waals surface area contributed by atoms with Gasteiger partial charge < -0.3 is 14.2 Å². The molecule has 8 heteroatoms. The van der Waals surface area contributed by atoms with E-state index in [0.29, 0.717) is 33.6 Å². The zero-order valence-corrected chi connectivity index (χ0v) is 16.5. The standard InChI is InChI=1S/C20H16ClNO5S/c1-2-25-14-5-3-12(4-6-14)7-18-19(23)22(20(24)28-18)10-13-8-16-17(9-15(13)21)27-11-26-16/h3-9H,2,10-11H2,1H3/b18-7-. The van der Waals surface area contributed by atoms with Crippen LogP contribution in [0.1, 0.15) is 18.1 Å². The van der Waals surface area contributed by atoms with Gasteiger partial charge in [0.15, 0.2) is 11.5 Å². The summed E-state index contributed by atoms with van der Waals surface area (Å²) in [6.07, 6.45) is 1.70. The molecule has 2 aliphatic heterocycles. The second-order valence-electron chi connectivity index (χ2n) is 6.07. The van der Waals surface area contributed by atoms with Gasteiger partial charge in [0.25, 0.3) is 11.1 Å². The van der Waals surface area contributed by atoms with Gasteiger partial charge >= 0.3 is 0 Å². The predicted molar refractivity (Wildman–Crippen MR) is 107 cm³/mol. The van der Waals surface area contributed by atoms with E-state index in [1.165, 1.54) is 4.90 Å². The number of amides is 2. The number of carbonyl (C=O) groups is 2. The van der Waals surface area contributed by atoms with E-state index in [-0.39, 0.29) is 24.5 Å². The van der Waals surface area contributed by atoms with Gasteiger partial charge in [-0.2, -0.15) is 0 Å². The Bertz CT molecular complexity index is 973. The number of thioether (sulfide) groups is 1. The molecular weight excluding hydrogens is 402 g/mol. The molecule has 144 valence electrons. The average molecular weight is 418 g/mol. The van der Waals surface area contributed by atoms with Crippen LogP contribution in [0.3, 0.4) is 0 Å². The fraction of sp³-hybridized carbons (Fsp3) is 0.200. The normalized spacial score (nSPS) is 16.9. The van der Waals surface area contributed by atoms with E-state index < -0.39 is 0 Å². The van der Waals surface area contributed by atoms with Gasteiger partial charge in [-0.15, -0.1) is 0 Å². The minimum absolute atomic E-state index is 0.0702. The molecule has 0 N–H and O–H groups in total. The van der Waals surface area contributed by atoms with Gasteiger partial charge in [-0.3, -0.25) is 14.5 Å². The molecule has 6 nitrogen and oxygen atoms in total. The van der Waals surface area contributed by atoms with Crippen LogP contribution in [0.15, 0.2) is 41.3 Å². The molecule has 0 unspecified atom stereocenters. The Balaban J connectivity index is 1.53. The lowest BCUT2D eigenvalue weighted by Gasteiger charge is -2.14. The Morgan fingerprint density at radius 1 is 1.18 bits per heavy atom. The van der Waals surface area contributed by atoms with E-state index in [4.69, 9.17) is 25.8 Å². The molecule has 4 rings (SSSR count). The van der Waals surface area contributed by atoms with Gasteiger partial charge in [0.1, 0.15) is 5.75 Å². The van der Waals surface area contributed by atoms with Crippen molar-refractivity contribution in [3.8, 4) is 17.2 Å². The first-order valence-corrected chi connectivity index (χ1v) is 9.81. The maximum absolute atomic E-state index is 12.7. The van der Waals surface area contributed by atoms with Gasteiger partial charge in [0, 0.05) is 11.1 Å². The number of halogens is 1. The van der Waals surface area contributed by atoms with Gasteiger partial charge in [-0.25, -0.2) is 0 Å². The summed E-state index contributed by atoms with van der Waals surface area (Å²) in [5, 5.41) is 0.0784. The van der Waals surface area contributed by atoms with Gasteiger partial charge in [0.2, 0.25) is 6.79 Å². The predicted octanol–water partition coefficient (Wildman–Crippen LogP) is 4.70. The average Bonchev–Trinajstić information content (AvgIpc) is 3.23. The van der Waals surface area contributed by atoms with Gasteiger partial charge in [-0.1, -0.05) is 23.7 Å². The quantitative estimate of drug-likeness (QED) is 0.657. The fourth-order valence-electron chi connectivity index (χ4n) is 2.87. The second kappa shape index (κ2) is 7.77. The number of fused-ring (bicyclic) bond motifs is 1. The van der Waals surface area contributed by atoms with Crippen LogP contribution in [0.25, 0.3) is 6.08 Å². The smallest absolute Gasteiger partial charge is 0.293 e. The van der Waals surface area contributed by atoms with E-state index in [0.717, 1.165) is 23.1 Å². The first-order valence-electron chi connectivity index (χ1n) is 8.61. The molecule has 0 radical (unpaired) electrons. The van der Waals surface area contributed by atoms with Crippen LogP contribution < -0.4 is 14.2 Å². The van der Waals surface area contributed by atoms with Crippen LogP contribution in [0.4, 0.5) is 4.79 Å². The molecule has 1 saturated heterocycles. The Labute approximate surface area is 171 Å². The molecule has 0 bridgehead atoms. The monoisotopic (exact) mass is 417 g/mol. The SMILES string of the molecule is CCOc1ccc(/C=C2\SC(=O)N(Cc3cc4c(cc3Cl)OCO4)C2=O)cc1. The lowest BCUT2D eigenvalue weighted by Crippen LogP contribution is -2.27. The second-order valence-corrected chi connectivity index (χ2v) is 7.47. The highest BCUT2D eigenvalue weighted by Gasteiger charge is 2.35. The minimum atomic E-state index is -0.349. The molecule has 2 amide bonds. The number of imide groups is 1. The number of hydrogen-bond donors (Lipinski definition) is 0. The lowest BCUT2D eigenvalue weighted by molar-refractivity contribution is -0.123. The molecule has 0 saturated carbocycles. The Kier molecular flexibility index (Phi) is 5.19. The summed E-state index contributed by atoms with van der Waals surface area (Å²) in [4.78, 5) is 26.7. The van der Waals surface area contributed by atoms with Crippen molar-refractivity contribution >= 4 is 40.6 Å². The molecule has 2 aliphatic rings. The van der Waals surface area contributed by atoms with Crippen LogP contribution in [0.5, 0.6) is 17.2 Å². The highest BCUT2D eigenvalue weighted by atomic mass is 35.5. The minimum Gasteiger partial charge on any atom is -0.494 e. The van der Waals surface area contributed by atoms with Crippen LogP contribution in [-0.2, 0) is 11.3 Å². The summed E-state index contributed by atoms with van der Waals surface area (Å²) >= 11 is 7.18. The van der Waals surface area contributed by atoms with Crippen molar-refractivity contribution in [1.82, 2.24) is 4.90 Å². The lowest BCUT2D eigenvalue weighted by atomic mass is 10.1. The largest absolute Gasteiger partial charge is 0.494 e. The maximum Gasteiger partial charge on any atom is 0.293 e. The van der Waals surface area contributed by atoms with Crippen molar-refractivity contribution < 1.29 is 23.8 Å². The van der Waals surface area contributed by atoms with Gasteiger partial charge in [0.05, 0.1) is 18.1 Å². The molecule has 1 fully saturated rings. The van der Waals surface area contributed by atoms with Crippen molar-refractivity contribution in [3.63, 3.8) is 0 Å². The zero-order chi connectivity index (χ0) is 19.7. The third-order valence-corrected chi connectivity index (χ3v) is 5.49. The fourth-order valence-corrected chi connectivity index (χ4v) is 3.92. The summed E-state index contributed by atoms with van der Waals surface area (Å²) in [7, 11) is 0. The Hall–Kier alpha value is -2.64. The number of rotatable bonds is 5. The maximum atomic E-state index is 12.7. The van der Waals surface area contributed by atoms with Crippen LogP contribution in [0.2, 0.25) is 5.02 Å². The Morgan fingerprint density at radius 2 is 1.89 bits per heavy atom. The van der Waals surface area contributed by atoms with Gasteiger partial charge in [-0.05, 0) is 54.1 Å². The third-order valence-electron chi connectivity index (χ3n) is 4.23. The topological polar surface area (TPSA) is 65.1 Å². The molecule has 0 aliphatic carbocycles. The number of carbonyl (C=O) groups excluding carboxylic acids is 2. The summed E-state index contributed by atoms with van der Waals surface area (Å²) in [5.74, 6) is 1.51. The first kappa shape index (κ1) is 18.7. The van der Waals surface area contributed by atoms with Crippen LogP contribution in [-0.4, -0.2) is 29.4 Å². The van der Waals surface area contributed by atoms with E-state index in [2.05, 4.69) is 0 Å². The Morgan fingerprint density at radius 3 is 2.61 bits per heavy atom. The molecule has 0 atom stereocenters. The third kappa shape index (κ3) is 3.68. The van der Waals surface area contributed by atoms with Crippen molar-refractivity contribution in [2.75, 3.05) is 13.4 Å². The van der Waals surface area contributed by atoms with E-state index in [1.807, 2.05) is 31.2 Å². The van der Waals surface area contributed by atoms with E-state index >= 15 is 0 Å². The zero-order valence-electron chi connectivity index (χ0n) is 14.9. The summed E-state index contributed by atoms with van der Waals surface area (Å²) in [5.41, 5.74) is 1.44. The summed E-state index contributed by atoms with van der Waals surface area (Å²) in [6.45, 7) is 2.69. The number of ether oxygens (including phenoxy) is 3. The molecule has 0 spiro atoms. The number of benzene rings is 2. The van der Waals surface area contributed by atoms with Crippen molar-refractivity contribution in [3.05, 3.63) is 57.5 Å². The summed E-state index contributed by atoms with van der Waals surface area (Å²) in [6, 6.07) is 10.7. The van der Waals surface area contributed by atoms with Crippen molar-refractivity contribution in [1.29, 1.82) is 0 Å². The van der Waals surface area contributed by atoms with Crippen LogP contribution in [0, 0.1) is 0 Å². The molecule has 28 heavy (non-hydrogen) atoms. The summed E-state index contributed by atoms with van der Waals surface area (Å²) < 4.78 is 16.0. The number of nitrogens with zero attached hydrogens (tertiary/aromatic N) is 1. The van der Waals surface area contributed by atoms with E-state index in [1.54, 1.807) is 18.2 Å². The van der Waals surface area contributed by atoms with E-state index in [9.17, 15) is 9.59 Å². The van der Waals surface area contributed by atoms with Crippen LogP contribution >= 0.6 is 23.4 Å². The molecule has 2 heterocycles. The molecule has 0 aromatic heterocycles. The number of hydrogen-bond acceptors (Lipinski definition) is 6.